The molecule has 1 aliphatic carbocycles. The van der Waals surface area contributed by atoms with Crippen LogP contribution in [0.25, 0.3) is 0 Å². The van der Waals surface area contributed by atoms with Crippen molar-refractivity contribution in [2.75, 3.05) is 0 Å². The number of nitrogens with one attached hydrogen (secondary N) is 1. The largest absolute Gasteiger partial charge is 0.481 e. The van der Waals surface area contributed by atoms with Crippen LogP contribution in [0.4, 0.5) is 0 Å². The van der Waals surface area contributed by atoms with Gasteiger partial charge in [0.2, 0.25) is 0 Å². The summed E-state index contributed by atoms with van der Waals surface area (Å²) in [4.78, 5) is 27.6. The van der Waals surface area contributed by atoms with Crippen molar-refractivity contribution in [1.82, 2.24) is 10.3 Å². The second-order valence-corrected chi connectivity index (χ2v) is 5.49. The Hall–Kier alpha value is -1.43. The number of carboxylic acid groups (broad SMARTS) is 1. The molecule has 6 heteroatoms. The standard InChI is InChI=1S/C12H16N2O3S/c1-7-10(18-6-13-7)11(15)14-9-4-2-3-8(5-9)12(16)17/h6,8-9H,2-5H2,1H3,(H,14,15)(H,16,17). The number of hydrogen-bond donors (Lipinski definition) is 2. The molecule has 0 aromatic carbocycles. The highest BCUT2D eigenvalue weighted by Gasteiger charge is 2.28. The number of carbonyl (C=O) groups is 2. The Balaban J connectivity index is 1.95. The maximum Gasteiger partial charge on any atom is 0.306 e. The van der Waals surface area contributed by atoms with Crippen molar-refractivity contribution in [2.45, 2.75) is 38.6 Å². The van der Waals surface area contributed by atoms with Gasteiger partial charge in [-0.25, -0.2) is 4.98 Å². The highest BCUT2D eigenvalue weighted by atomic mass is 32.1. The monoisotopic (exact) mass is 268 g/mol. The third-order valence-corrected chi connectivity index (χ3v) is 4.24. The summed E-state index contributed by atoms with van der Waals surface area (Å²) in [5, 5.41) is 11.9. The molecule has 1 saturated carbocycles. The minimum absolute atomic E-state index is 0.0335. The quantitative estimate of drug-likeness (QED) is 0.876. The minimum Gasteiger partial charge on any atom is -0.481 e. The Labute approximate surface area is 109 Å². The molecular weight excluding hydrogens is 252 g/mol. The van der Waals surface area contributed by atoms with E-state index in [1.165, 1.54) is 11.3 Å². The lowest BCUT2D eigenvalue weighted by Gasteiger charge is -2.27. The van der Waals surface area contributed by atoms with Crippen molar-refractivity contribution in [2.24, 2.45) is 5.92 Å². The van der Waals surface area contributed by atoms with Gasteiger partial charge in [-0.15, -0.1) is 11.3 Å². The van der Waals surface area contributed by atoms with Gasteiger partial charge in [-0.1, -0.05) is 6.42 Å². The van der Waals surface area contributed by atoms with E-state index in [9.17, 15) is 9.59 Å². The third kappa shape index (κ3) is 2.87. The van der Waals surface area contributed by atoms with Crippen LogP contribution in [0, 0.1) is 12.8 Å². The van der Waals surface area contributed by atoms with Gasteiger partial charge in [-0.2, -0.15) is 0 Å². The number of nitrogens with zero attached hydrogens (tertiary/aromatic N) is 1. The van der Waals surface area contributed by atoms with E-state index in [1.54, 1.807) is 12.4 Å². The molecule has 0 radical (unpaired) electrons. The van der Waals surface area contributed by atoms with E-state index in [4.69, 9.17) is 5.11 Å². The number of carbonyl (C=O) groups excluding carboxylic acids is 1. The lowest BCUT2D eigenvalue weighted by atomic mass is 9.86. The van der Waals surface area contributed by atoms with E-state index in [0.717, 1.165) is 18.5 Å². The minimum atomic E-state index is -0.761. The van der Waals surface area contributed by atoms with Crippen LogP contribution in [-0.4, -0.2) is 28.0 Å². The lowest BCUT2D eigenvalue weighted by molar-refractivity contribution is -0.143. The van der Waals surface area contributed by atoms with Crippen LogP contribution >= 0.6 is 11.3 Å². The van der Waals surface area contributed by atoms with Gasteiger partial charge >= 0.3 is 5.97 Å². The molecule has 2 rings (SSSR count). The van der Waals surface area contributed by atoms with Gasteiger partial charge in [0.25, 0.3) is 5.91 Å². The van der Waals surface area contributed by atoms with Crippen LogP contribution < -0.4 is 5.32 Å². The number of amides is 1. The average molecular weight is 268 g/mol. The van der Waals surface area contributed by atoms with Crippen molar-refractivity contribution < 1.29 is 14.7 Å². The first-order valence-electron chi connectivity index (χ1n) is 6.01. The Kier molecular flexibility index (Phi) is 3.96. The number of aromatic nitrogens is 1. The van der Waals surface area contributed by atoms with Crippen LogP contribution in [0.15, 0.2) is 5.51 Å². The zero-order valence-electron chi connectivity index (χ0n) is 10.2. The van der Waals surface area contributed by atoms with Gasteiger partial charge in [-0.05, 0) is 26.2 Å². The Morgan fingerprint density at radius 1 is 1.50 bits per heavy atom. The second kappa shape index (κ2) is 5.48. The predicted octanol–water partition coefficient (Wildman–Crippen LogP) is 1.82. The van der Waals surface area contributed by atoms with Gasteiger partial charge in [0.05, 0.1) is 17.1 Å². The van der Waals surface area contributed by atoms with E-state index in [2.05, 4.69) is 10.3 Å². The molecule has 0 spiro atoms. The summed E-state index contributed by atoms with van der Waals surface area (Å²) >= 11 is 1.31. The molecule has 0 saturated heterocycles. The van der Waals surface area contributed by atoms with Crippen molar-refractivity contribution in [3.63, 3.8) is 0 Å². The molecule has 2 N–H and O–H groups in total. The van der Waals surface area contributed by atoms with Gasteiger partial charge in [-0.3, -0.25) is 9.59 Å². The van der Waals surface area contributed by atoms with Crippen molar-refractivity contribution in [1.29, 1.82) is 0 Å². The maximum absolute atomic E-state index is 12.0. The summed E-state index contributed by atoms with van der Waals surface area (Å²) in [6.45, 7) is 1.80. The zero-order valence-corrected chi connectivity index (χ0v) is 11.0. The molecule has 0 bridgehead atoms. The number of hydrogen-bond acceptors (Lipinski definition) is 4. The number of aliphatic carboxylic acids is 1. The number of aryl methyl sites for hydroxylation is 1. The summed E-state index contributed by atoms with van der Waals surface area (Å²) < 4.78 is 0. The van der Waals surface area contributed by atoms with Crippen molar-refractivity contribution >= 4 is 23.2 Å². The molecule has 5 nitrogen and oxygen atoms in total. The fourth-order valence-corrected chi connectivity index (χ4v) is 3.02. The predicted molar refractivity (Wildman–Crippen MR) is 67.7 cm³/mol. The molecule has 18 heavy (non-hydrogen) atoms. The molecule has 2 atom stereocenters. The zero-order chi connectivity index (χ0) is 13.1. The summed E-state index contributed by atoms with van der Waals surface area (Å²) in [7, 11) is 0. The van der Waals surface area contributed by atoms with Crippen LogP contribution in [0.3, 0.4) is 0 Å². The highest BCUT2D eigenvalue weighted by Crippen LogP contribution is 2.25. The number of rotatable bonds is 3. The molecule has 1 amide bonds. The normalized spacial score (nSPS) is 23.6. The van der Waals surface area contributed by atoms with E-state index < -0.39 is 5.97 Å². The first kappa shape index (κ1) is 13.0. The summed E-state index contributed by atoms with van der Waals surface area (Å²) in [5.74, 6) is -1.22. The summed E-state index contributed by atoms with van der Waals surface area (Å²) in [6, 6.07) is -0.0335. The molecule has 98 valence electrons. The van der Waals surface area contributed by atoms with Gasteiger partial charge in [0.15, 0.2) is 0 Å². The summed E-state index contributed by atoms with van der Waals surface area (Å²) in [6.07, 6.45) is 2.94. The lowest BCUT2D eigenvalue weighted by Crippen LogP contribution is -2.39. The first-order valence-corrected chi connectivity index (χ1v) is 6.89. The van der Waals surface area contributed by atoms with E-state index in [-0.39, 0.29) is 17.9 Å². The molecule has 1 fully saturated rings. The molecular formula is C12H16N2O3S. The Morgan fingerprint density at radius 3 is 2.89 bits per heavy atom. The van der Waals surface area contributed by atoms with Crippen LogP contribution in [0.5, 0.6) is 0 Å². The van der Waals surface area contributed by atoms with E-state index >= 15 is 0 Å². The fourth-order valence-electron chi connectivity index (χ4n) is 2.32. The molecule has 1 aromatic rings. The molecule has 1 heterocycles. The smallest absolute Gasteiger partial charge is 0.306 e. The Morgan fingerprint density at radius 2 is 2.28 bits per heavy atom. The van der Waals surface area contributed by atoms with Crippen molar-refractivity contribution in [3.05, 3.63) is 16.1 Å². The van der Waals surface area contributed by atoms with Crippen LogP contribution in [-0.2, 0) is 4.79 Å². The average Bonchev–Trinajstić information content (AvgIpc) is 2.76. The second-order valence-electron chi connectivity index (χ2n) is 4.64. The van der Waals surface area contributed by atoms with Crippen molar-refractivity contribution in [3.8, 4) is 0 Å². The van der Waals surface area contributed by atoms with Gasteiger partial charge in [0.1, 0.15) is 4.88 Å². The molecule has 1 aliphatic rings. The SMILES string of the molecule is Cc1ncsc1C(=O)NC1CCCC(C(=O)O)C1. The third-order valence-electron chi connectivity index (χ3n) is 3.31. The Bertz CT molecular complexity index is 458. The molecule has 2 unspecified atom stereocenters. The van der Waals surface area contributed by atoms with Crippen LogP contribution in [0.1, 0.15) is 41.0 Å². The summed E-state index contributed by atoms with van der Waals surface area (Å²) in [5.41, 5.74) is 2.37. The van der Waals surface area contributed by atoms with Crippen LogP contribution in [0.2, 0.25) is 0 Å². The maximum atomic E-state index is 12.0. The topological polar surface area (TPSA) is 79.3 Å². The number of thiazole rings is 1. The number of carboxylic acids is 1. The van der Waals surface area contributed by atoms with Gasteiger partial charge in [0, 0.05) is 6.04 Å². The molecule has 0 aliphatic heterocycles. The van der Waals surface area contributed by atoms with E-state index in [1.807, 2.05) is 0 Å². The first-order chi connectivity index (χ1) is 8.58. The molecule has 1 aromatic heterocycles. The van der Waals surface area contributed by atoms with Gasteiger partial charge < -0.3 is 10.4 Å². The highest BCUT2D eigenvalue weighted by molar-refractivity contribution is 7.11. The fraction of sp³-hybridized carbons (Fsp3) is 0.583. The van der Waals surface area contributed by atoms with E-state index in [0.29, 0.717) is 17.7 Å².